The Morgan fingerprint density at radius 2 is 1.67 bits per heavy atom. The van der Waals surface area contributed by atoms with Crippen molar-refractivity contribution >= 4 is 0 Å². The summed E-state index contributed by atoms with van der Waals surface area (Å²) in [4.78, 5) is 0. The average Bonchev–Trinajstić information content (AvgIpc) is 2.40. The largest absolute Gasteiger partial charge is 0.281 e. The van der Waals surface area contributed by atoms with Crippen molar-refractivity contribution in [2.75, 3.05) is 0 Å². The molecule has 1 aromatic rings. The molecular weight excluding hydrogens is 230 g/mol. The molecule has 0 nitrogen and oxygen atoms in total. The monoisotopic (exact) mass is 248 g/mol. The van der Waals surface area contributed by atoms with Crippen LogP contribution in [0.1, 0.15) is 32.3 Å². The smallest absolute Gasteiger partial charge is 0.200 e. The number of halogens is 2. The number of allylic oxidation sites excluding steroid dienone is 4. The molecule has 0 aliphatic heterocycles. The van der Waals surface area contributed by atoms with E-state index in [9.17, 15) is 8.78 Å². The van der Waals surface area contributed by atoms with E-state index in [4.69, 9.17) is 0 Å². The normalized spacial score (nSPS) is 16.6. The van der Waals surface area contributed by atoms with Crippen molar-refractivity contribution in [3.8, 4) is 0 Å². The molecule has 0 radical (unpaired) electrons. The molecule has 1 aliphatic carbocycles. The van der Waals surface area contributed by atoms with Crippen LogP contribution in [0.5, 0.6) is 0 Å². The van der Waals surface area contributed by atoms with Gasteiger partial charge in [0.2, 0.25) is 0 Å². The van der Waals surface area contributed by atoms with Gasteiger partial charge < -0.3 is 0 Å². The molecule has 0 N–H and O–H groups in total. The van der Waals surface area contributed by atoms with Gasteiger partial charge in [-0.1, -0.05) is 48.6 Å². The topological polar surface area (TPSA) is 0 Å². The van der Waals surface area contributed by atoms with Crippen LogP contribution in [-0.2, 0) is 5.41 Å². The summed E-state index contributed by atoms with van der Waals surface area (Å²) in [5.41, 5.74) is -0.403. The summed E-state index contributed by atoms with van der Waals surface area (Å²) in [6, 6.07) is 8.98. The predicted molar refractivity (Wildman–Crippen MR) is 70.9 cm³/mol. The van der Waals surface area contributed by atoms with E-state index in [1.165, 1.54) is 0 Å². The number of hydrogen-bond acceptors (Lipinski definition) is 0. The number of benzene rings is 1. The third kappa shape index (κ3) is 2.12. The van der Waals surface area contributed by atoms with Gasteiger partial charge in [0.15, 0.2) is 0 Å². The lowest BCUT2D eigenvalue weighted by atomic mass is 9.75. The number of alkyl halides is 2. The summed E-state index contributed by atoms with van der Waals surface area (Å²) < 4.78 is 29.3. The zero-order valence-electron chi connectivity index (χ0n) is 10.8. The Morgan fingerprint density at radius 1 is 1.00 bits per heavy atom. The molecule has 0 atom stereocenters. The van der Waals surface area contributed by atoms with Crippen molar-refractivity contribution in [2.45, 2.75) is 38.0 Å². The van der Waals surface area contributed by atoms with Crippen molar-refractivity contribution < 1.29 is 8.78 Å². The molecule has 0 heterocycles. The second-order valence-electron chi connectivity index (χ2n) is 5.20. The highest BCUT2D eigenvalue weighted by Gasteiger charge is 2.49. The van der Waals surface area contributed by atoms with Crippen LogP contribution < -0.4 is 0 Å². The van der Waals surface area contributed by atoms with E-state index in [0.717, 1.165) is 6.42 Å². The van der Waals surface area contributed by atoms with Crippen molar-refractivity contribution in [1.29, 1.82) is 0 Å². The molecule has 0 saturated carbocycles. The molecule has 2 rings (SSSR count). The van der Waals surface area contributed by atoms with Gasteiger partial charge in [-0.05, 0) is 32.3 Å². The Bertz CT molecular complexity index is 467. The van der Waals surface area contributed by atoms with Gasteiger partial charge in [0.1, 0.15) is 0 Å². The predicted octanol–water partition coefficient (Wildman–Crippen LogP) is 4.88. The van der Waals surface area contributed by atoms with Crippen molar-refractivity contribution in [3.63, 3.8) is 0 Å². The third-order valence-corrected chi connectivity index (χ3v) is 3.64. The Balaban J connectivity index is 2.39. The SMILES string of the molecule is CC(C)(c1ccccc1)C(F)(F)C1=CCCC=C1. The Kier molecular flexibility index (Phi) is 3.38. The summed E-state index contributed by atoms with van der Waals surface area (Å²) >= 11 is 0. The second-order valence-corrected chi connectivity index (χ2v) is 5.20. The Morgan fingerprint density at radius 3 is 2.22 bits per heavy atom. The molecule has 1 aliphatic rings. The molecule has 0 aromatic heterocycles. The van der Waals surface area contributed by atoms with Crippen molar-refractivity contribution in [1.82, 2.24) is 0 Å². The lowest BCUT2D eigenvalue weighted by Crippen LogP contribution is -2.41. The molecule has 96 valence electrons. The quantitative estimate of drug-likeness (QED) is 0.715. The van der Waals surface area contributed by atoms with Crippen molar-refractivity contribution in [2.24, 2.45) is 0 Å². The van der Waals surface area contributed by atoms with Crippen LogP contribution in [0.4, 0.5) is 8.78 Å². The van der Waals surface area contributed by atoms with E-state index in [1.807, 2.05) is 12.1 Å². The third-order valence-electron chi connectivity index (χ3n) is 3.64. The van der Waals surface area contributed by atoms with E-state index in [-0.39, 0.29) is 5.57 Å². The maximum absolute atomic E-state index is 14.7. The standard InChI is InChI=1S/C16H18F2/c1-15(2,13-9-5-3-6-10-13)16(17,18)14-11-7-4-8-12-14/h3,5-7,9-12H,4,8H2,1-2H3. The first kappa shape index (κ1) is 13.0. The molecule has 0 spiro atoms. The first-order valence-electron chi connectivity index (χ1n) is 6.27. The summed E-state index contributed by atoms with van der Waals surface area (Å²) in [5, 5.41) is 0. The van der Waals surface area contributed by atoms with Gasteiger partial charge in [-0.15, -0.1) is 0 Å². The van der Waals surface area contributed by atoms with Crippen LogP contribution in [0.15, 0.2) is 54.1 Å². The zero-order valence-corrected chi connectivity index (χ0v) is 10.8. The van der Waals surface area contributed by atoms with Crippen LogP contribution in [0.2, 0.25) is 0 Å². The molecule has 0 fully saturated rings. The first-order chi connectivity index (χ1) is 8.46. The van der Waals surface area contributed by atoms with Gasteiger partial charge in [0.05, 0.1) is 5.41 Å². The van der Waals surface area contributed by atoms with E-state index in [1.54, 1.807) is 50.3 Å². The summed E-state index contributed by atoms with van der Waals surface area (Å²) in [7, 11) is 0. The minimum atomic E-state index is -2.86. The van der Waals surface area contributed by atoms with Gasteiger partial charge in [0, 0.05) is 5.57 Å². The zero-order chi connectivity index (χ0) is 13.2. The Hall–Kier alpha value is -1.44. The van der Waals surface area contributed by atoms with E-state index in [0.29, 0.717) is 12.0 Å². The minimum Gasteiger partial charge on any atom is -0.200 e. The highest BCUT2D eigenvalue weighted by molar-refractivity contribution is 5.38. The number of rotatable bonds is 3. The van der Waals surface area contributed by atoms with Crippen LogP contribution in [-0.4, -0.2) is 5.92 Å². The fourth-order valence-electron chi connectivity index (χ4n) is 2.24. The maximum Gasteiger partial charge on any atom is 0.281 e. The summed E-state index contributed by atoms with van der Waals surface area (Å²) in [6.45, 7) is 3.21. The van der Waals surface area contributed by atoms with Crippen molar-refractivity contribution in [3.05, 3.63) is 59.7 Å². The molecule has 18 heavy (non-hydrogen) atoms. The van der Waals surface area contributed by atoms with Gasteiger partial charge >= 0.3 is 0 Å². The summed E-state index contributed by atoms with van der Waals surface area (Å²) in [5.74, 6) is -2.86. The summed E-state index contributed by atoms with van der Waals surface area (Å²) in [6.07, 6.45) is 6.60. The second kappa shape index (κ2) is 4.68. The fraction of sp³-hybridized carbons (Fsp3) is 0.375. The lowest BCUT2D eigenvalue weighted by Gasteiger charge is -2.36. The fourth-order valence-corrected chi connectivity index (χ4v) is 2.24. The first-order valence-corrected chi connectivity index (χ1v) is 6.27. The molecule has 0 saturated heterocycles. The Labute approximate surface area is 107 Å². The highest BCUT2D eigenvalue weighted by Crippen LogP contribution is 2.45. The lowest BCUT2D eigenvalue weighted by molar-refractivity contribution is -0.0257. The molecule has 1 aromatic carbocycles. The van der Waals surface area contributed by atoms with Gasteiger partial charge in [0.25, 0.3) is 5.92 Å². The molecule has 0 amide bonds. The van der Waals surface area contributed by atoms with Gasteiger partial charge in [-0.2, -0.15) is 0 Å². The highest BCUT2D eigenvalue weighted by atomic mass is 19.3. The molecule has 2 heteroatoms. The molecule has 0 unspecified atom stereocenters. The maximum atomic E-state index is 14.7. The van der Waals surface area contributed by atoms with Crippen LogP contribution >= 0.6 is 0 Å². The van der Waals surface area contributed by atoms with Crippen LogP contribution in [0.3, 0.4) is 0 Å². The van der Waals surface area contributed by atoms with E-state index >= 15 is 0 Å². The molecule has 0 bridgehead atoms. The van der Waals surface area contributed by atoms with Crippen LogP contribution in [0.25, 0.3) is 0 Å². The van der Waals surface area contributed by atoms with Gasteiger partial charge in [-0.3, -0.25) is 0 Å². The van der Waals surface area contributed by atoms with Crippen LogP contribution in [0, 0.1) is 0 Å². The van der Waals surface area contributed by atoms with E-state index < -0.39 is 11.3 Å². The molecular formula is C16H18F2. The minimum absolute atomic E-state index is 0.141. The average molecular weight is 248 g/mol. The van der Waals surface area contributed by atoms with E-state index in [2.05, 4.69) is 0 Å². The van der Waals surface area contributed by atoms with Gasteiger partial charge in [-0.25, -0.2) is 8.78 Å². The number of hydrogen-bond donors (Lipinski definition) is 0.